The maximum atomic E-state index is 10.8. The Bertz CT molecular complexity index is 336. The maximum absolute atomic E-state index is 10.8. The fraction of sp³-hybridized carbons (Fsp3) is 0.455. The van der Waals surface area contributed by atoms with Crippen LogP contribution < -0.4 is 16.8 Å². The molecule has 16 heavy (non-hydrogen) atoms. The molecule has 0 aromatic carbocycles. The molecular formula is C11H18N4O. The summed E-state index contributed by atoms with van der Waals surface area (Å²) in [5, 5.41) is 3.22. The van der Waals surface area contributed by atoms with Gasteiger partial charge in [-0.25, -0.2) is 4.98 Å². The molecular weight excluding hydrogens is 204 g/mol. The minimum Gasteiger partial charge on any atom is -0.368 e. The standard InChI is InChI=1S/C11H18N4O/c1-8(3-2-6-12)15-10-5-4-9(7-14-10)11(13)16/h4-5,7-8H,2-3,6,12H2,1H3,(H2,13,16)(H,14,15). The number of aromatic nitrogens is 1. The Morgan fingerprint density at radius 2 is 2.31 bits per heavy atom. The van der Waals surface area contributed by atoms with Crippen LogP contribution in [0.5, 0.6) is 0 Å². The average Bonchev–Trinajstić information content (AvgIpc) is 2.27. The lowest BCUT2D eigenvalue weighted by Gasteiger charge is -2.13. The first-order valence-corrected chi connectivity index (χ1v) is 5.36. The van der Waals surface area contributed by atoms with Crippen LogP contribution >= 0.6 is 0 Å². The van der Waals surface area contributed by atoms with Gasteiger partial charge in [0.2, 0.25) is 5.91 Å². The summed E-state index contributed by atoms with van der Waals surface area (Å²) < 4.78 is 0. The van der Waals surface area contributed by atoms with Crippen molar-refractivity contribution in [1.29, 1.82) is 0 Å². The number of nitrogens with two attached hydrogens (primary N) is 2. The number of pyridine rings is 1. The molecule has 0 saturated carbocycles. The molecule has 0 bridgehead atoms. The fourth-order valence-electron chi connectivity index (χ4n) is 1.37. The van der Waals surface area contributed by atoms with Gasteiger partial charge in [0.25, 0.3) is 0 Å². The van der Waals surface area contributed by atoms with E-state index in [0.717, 1.165) is 18.7 Å². The van der Waals surface area contributed by atoms with Gasteiger partial charge in [-0.15, -0.1) is 0 Å². The Morgan fingerprint density at radius 1 is 1.56 bits per heavy atom. The van der Waals surface area contributed by atoms with Gasteiger partial charge >= 0.3 is 0 Å². The predicted molar refractivity (Wildman–Crippen MR) is 64.1 cm³/mol. The summed E-state index contributed by atoms with van der Waals surface area (Å²) in [7, 11) is 0. The van der Waals surface area contributed by atoms with Crippen molar-refractivity contribution in [3.63, 3.8) is 0 Å². The summed E-state index contributed by atoms with van der Waals surface area (Å²) >= 11 is 0. The van der Waals surface area contributed by atoms with Crippen LogP contribution in [0.4, 0.5) is 5.82 Å². The van der Waals surface area contributed by atoms with Crippen molar-refractivity contribution in [2.24, 2.45) is 11.5 Å². The van der Waals surface area contributed by atoms with Crippen LogP contribution in [0.3, 0.4) is 0 Å². The van der Waals surface area contributed by atoms with Crippen molar-refractivity contribution < 1.29 is 4.79 Å². The molecule has 0 aliphatic rings. The van der Waals surface area contributed by atoms with E-state index in [0.29, 0.717) is 18.2 Å². The van der Waals surface area contributed by atoms with E-state index in [1.807, 2.05) is 0 Å². The van der Waals surface area contributed by atoms with Crippen molar-refractivity contribution in [2.45, 2.75) is 25.8 Å². The first kappa shape index (κ1) is 12.4. The quantitative estimate of drug-likeness (QED) is 0.661. The third-order valence-corrected chi connectivity index (χ3v) is 2.28. The second kappa shape index (κ2) is 6.07. The van der Waals surface area contributed by atoms with Crippen LogP contribution in [-0.2, 0) is 0 Å². The zero-order valence-electron chi connectivity index (χ0n) is 9.44. The van der Waals surface area contributed by atoms with Gasteiger partial charge in [0.1, 0.15) is 5.82 Å². The van der Waals surface area contributed by atoms with Crippen LogP contribution in [0.25, 0.3) is 0 Å². The summed E-state index contributed by atoms with van der Waals surface area (Å²) in [6.45, 7) is 2.76. The topological polar surface area (TPSA) is 94.0 Å². The van der Waals surface area contributed by atoms with Crippen molar-refractivity contribution >= 4 is 11.7 Å². The lowest BCUT2D eigenvalue weighted by molar-refractivity contribution is 0.1000. The first-order valence-electron chi connectivity index (χ1n) is 5.36. The largest absolute Gasteiger partial charge is 0.368 e. The summed E-state index contributed by atoms with van der Waals surface area (Å²) in [5.41, 5.74) is 11.0. The Morgan fingerprint density at radius 3 is 2.81 bits per heavy atom. The highest BCUT2D eigenvalue weighted by atomic mass is 16.1. The lowest BCUT2D eigenvalue weighted by Crippen LogP contribution is -2.18. The SMILES string of the molecule is CC(CCCN)Nc1ccc(C(N)=O)cn1. The van der Waals surface area contributed by atoms with Crippen molar-refractivity contribution in [1.82, 2.24) is 4.98 Å². The second-order valence-electron chi connectivity index (χ2n) is 3.77. The Hall–Kier alpha value is -1.62. The van der Waals surface area contributed by atoms with Gasteiger partial charge in [-0.05, 0) is 38.4 Å². The Labute approximate surface area is 95.2 Å². The molecule has 0 aliphatic carbocycles. The molecule has 5 heteroatoms. The molecule has 5 nitrogen and oxygen atoms in total. The number of primary amides is 1. The zero-order chi connectivity index (χ0) is 12.0. The highest BCUT2D eigenvalue weighted by molar-refractivity contribution is 5.92. The van der Waals surface area contributed by atoms with Crippen LogP contribution in [0.1, 0.15) is 30.1 Å². The van der Waals surface area contributed by atoms with Crippen LogP contribution in [0, 0.1) is 0 Å². The molecule has 5 N–H and O–H groups in total. The monoisotopic (exact) mass is 222 g/mol. The van der Waals surface area contributed by atoms with E-state index in [2.05, 4.69) is 17.2 Å². The second-order valence-corrected chi connectivity index (χ2v) is 3.77. The molecule has 1 amide bonds. The van der Waals surface area contributed by atoms with Gasteiger partial charge in [0, 0.05) is 12.2 Å². The number of carbonyl (C=O) groups excluding carboxylic acids is 1. The molecule has 0 aliphatic heterocycles. The van der Waals surface area contributed by atoms with Gasteiger partial charge in [-0.1, -0.05) is 0 Å². The van der Waals surface area contributed by atoms with Gasteiger partial charge in [-0.3, -0.25) is 4.79 Å². The van der Waals surface area contributed by atoms with E-state index in [-0.39, 0.29) is 0 Å². The van der Waals surface area contributed by atoms with E-state index in [1.54, 1.807) is 12.1 Å². The molecule has 0 saturated heterocycles. The number of hydrogen-bond acceptors (Lipinski definition) is 4. The molecule has 1 aromatic rings. The maximum Gasteiger partial charge on any atom is 0.250 e. The molecule has 1 atom stereocenters. The summed E-state index contributed by atoms with van der Waals surface area (Å²) in [6, 6.07) is 3.72. The summed E-state index contributed by atoms with van der Waals surface area (Å²) in [5.74, 6) is 0.282. The molecule has 0 spiro atoms. The van der Waals surface area contributed by atoms with Crippen molar-refractivity contribution in [3.8, 4) is 0 Å². The van der Waals surface area contributed by atoms with Gasteiger partial charge < -0.3 is 16.8 Å². The van der Waals surface area contributed by atoms with E-state index in [4.69, 9.17) is 11.5 Å². The van der Waals surface area contributed by atoms with E-state index in [9.17, 15) is 4.79 Å². The zero-order valence-corrected chi connectivity index (χ0v) is 9.44. The average molecular weight is 222 g/mol. The molecule has 0 fully saturated rings. The van der Waals surface area contributed by atoms with Crippen molar-refractivity contribution in [2.75, 3.05) is 11.9 Å². The van der Waals surface area contributed by atoms with E-state index < -0.39 is 5.91 Å². The smallest absolute Gasteiger partial charge is 0.250 e. The van der Waals surface area contributed by atoms with Crippen LogP contribution in [0.15, 0.2) is 18.3 Å². The van der Waals surface area contributed by atoms with E-state index >= 15 is 0 Å². The third kappa shape index (κ3) is 3.86. The number of carbonyl (C=O) groups is 1. The molecule has 1 rings (SSSR count). The highest BCUT2D eigenvalue weighted by Gasteiger charge is 2.04. The number of rotatable bonds is 6. The Kier molecular flexibility index (Phi) is 4.72. The molecule has 1 aromatic heterocycles. The summed E-state index contributed by atoms with van der Waals surface area (Å²) in [4.78, 5) is 14.9. The minimum atomic E-state index is -0.463. The third-order valence-electron chi connectivity index (χ3n) is 2.28. The molecule has 88 valence electrons. The number of nitrogens with zero attached hydrogens (tertiary/aromatic N) is 1. The van der Waals surface area contributed by atoms with Crippen molar-refractivity contribution in [3.05, 3.63) is 23.9 Å². The predicted octanol–water partition coefficient (Wildman–Crippen LogP) is 0.720. The number of nitrogens with one attached hydrogen (secondary N) is 1. The van der Waals surface area contributed by atoms with Gasteiger partial charge in [0.15, 0.2) is 0 Å². The highest BCUT2D eigenvalue weighted by Crippen LogP contribution is 2.08. The normalized spacial score (nSPS) is 12.1. The van der Waals surface area contributed by atoms with Crippen LogP contribution in [0.2, 0.25) is 0 Å². The number of anilines is 1. The Balaban J connectivity index is 2.51. The summed E-state index contributed by atoms with van der Waals surface area (Å²) in [6.07, 6.45) is 3.45. The molecule has 1 unspecified atom stereocenters. The molecule has 1 heterocycles. The van der Waals surface area contributed by atoms with Crippen LogP contribution in [-0.4, -0.2) is 23.5 Å². The number of amides is 1. The van der Waals surface area contributed by atoms with Gasteiger partial charge in [0.05, 0.1) is 5.56 Å². The molecule has 0 radical (unpaired) electrons. The van der Waals surface area contributed by atoms with E-state index in [1.165, 1.54) is 6.20 Å². The fourth-order valence-corrected chi connectivity index (χ4v) is 1.37. The minimum absolute atomic E-state index is 0.315. The first-order chi connectivity index (χ1) is 7.63. The lowest BCUT2D eigenvalue weighted by atomic mass is 10.2. The number of hydrogen-bond donors (Lipinski definition) is 3. The van der Waals surface area contributed by atoms with Gasteiger partial charge in [-0.2, -0.15) is 0 Å².